The first-order chi connectivity index (χ1) is 10.8. The third-order valence-electron chi connectivity index (χ3n) is 4.70. The molecule has 126 valence electrons. The van der Waals surface area contributed by atoms with Gasteiger partial charge in [0.1, 0.15) is 0 Å². The molecule has 0 radical (unpaired) electrons. The standard InChI is InChI=1S/C19H26N2O.ClH/c1-3-12-21(13-4-2)16-9-8-15-6-5-7-17(18(15)14-16)19-10-11-20-22-19;/h5-7,10-11,16H,3-4,8-9,12-14H2,1-2H3;1H. The molecule has 1 aromatic heterocycles. The van der Waals surface area contributed by atoms with Crippen molar-refractivity contribution in [3.8, 4) is 11.3 Å². The Balaban J connectivity index is 0.00000192. The van der Waals surface area contributed by atoms with E-state index in [2.05, 4.69) is 42.1 Å². The molecule has 1 atom stereocenters. The zero-order chi connectivity index (χ0) is 15.4. The maximum Gasteiger partial charge on any atom is 0.167 e. The summed E-state index contributed by atoms with van der Waals surface area (Å²) >= 11 is 0. The Morgan fingerprint density at radius 1 is 1.17 bits per heavy atom. The van der Waals surface area contributed by atoms with Crippen LogP contribution >= 0.6 is 12.4 Å². The second-order valence-electron chi connectivity index (χ2n) is 6.25. The highest BCUT2D eigenvalue weighted by Gasteiger charge is 2.26. The SMILES string of the molecule is CCCN(CCC)C1CCc2cccc(-c3ccno3)c2C1.Cl. The van der Waals surface area contributed by atoms with Gasteiger partial charge in [0.05, 0.1) is 6.20 Å². The van der Waals surface area contributed by atoms with Crippen LogP contribution in [0.3, 0.4) is 0 Å². The molecule has 1 aliphatic carbocycles. The summed E-state index contributed by atoms with van der Waals surface area (Å²) in [5.74, 6) is 0.898. The average molecular weight is 335 g/mol. The molecule has 0 spiro atoms. The molecular weight excluding hydrogens is 308 g/mol. The van der Waals surface area contributed by atoms with Crippen LogP contribution in [0.15, 0.2) is 35.0 Å². The summed E-state index contributed by atoms with van der Waals surface area (Å²) in [6, 6.07) is 9.22. The van der Waals surface area contributed by atoms with Gasteiger partial charge in [-0.1, -0.05) is 37.2 Å². The van der Waals surface area contributed by atoms with Gasteiger partial charge in [0.2, 0.25) is 0 Å². The highest BCUT2D eigenvalue weighted by atomic mass is 35.5. The molecule has 23 heavy (non-hydrogen) atoms. The van der Waals surface area contributed by atoms with Gasteiger partial charge in [0, 0.05) is 17.7 Å². The van der Waals surface area contributed by atoms with Gasteiger partial charge < -0.3 is 9.42 Å². The number of fused-ring (bicyclic) bond motifs is 1. The molecule has 1 unspecified atom stereocenters. The van der Waals surface area contributed by atoms with Gasteiger partial charge in [-0.15, -0.1) is 12.4 Å². The van der Waals surface area contributed by atoms with E-state index >= 15 is 0 Å². The van der Waals surface area contributed by atoms with Gasteiger partial charge in [-0.25, -0.2) is 0 Å². The summed E-state index contributed by atoms with van der Waals surface area (Å²) in [7, 11) is 0. The van der Waals surface area contributed by atoms with Crippen LogP contribution in [0, 0.1) is 0 Å². The summed E-state index contributed by atoms with van der Waals surface area (Å²) in [5, 5.41) is 3.88. The van der Waals surface area contributed by atoms with Gasteiger partial charge in [0.15, 0.2) is 5.76 Å². The highest BCUT2D eigenvalue weighted by molar-refractivity contribution is 5.85. The van der Waals surface area contributed by atoms with E-state index < -0.39 is 0 Å². The van der Waals surface area contributed by atoms with Crippen molar-refractivity contribution < 1.29 is 4.52 Å². The number of hydrogen-bond donors (Lipinski definition) is 0. The summed E-state index contributed by atoms with van der Waals surface area (Å²) in [5.41, 5.74) is 4.18. The topological polar surface area (TPSA) is 29.3 Å². The summed E-state index contributed by atoms with van der Waals surface area (Å²) in [6.45, 7) is 6.97. The monoisotopic (exact) mass is 334 g/mol. The van der Waals surface area contributed by atoms with Gasteiger partial charge in [-0.2, -0.15) is 0 Å². The number of benzene rings is 1. The first-order valence-corrected chi connectivity index (χ1v) is 8.59. The third-order valence-corrected chi connectivity index (χ3v) is 4.70. The minimum Gasteiger partial charge on any atom is -0.356 e. The molecule has 1 aliphatic rings. The maximum atomic E-state index is 5.41. The first-order valence-electron chi connectivity index (χ1n) is 8.59. The van der Waals surface area contributed by atoms with E-state index in [0.717, 1.165) is 12.2 Å². The molecule has 4 heteroatoms. The lowest BCUT2D eigenvalue weighted by molar-refractivity contribution is 0.180. The van der Waals surface area contributed by atoms with Crippen molar-refractivity contribution in [1.29, 1.82) is 0 Å². The molecule has 0 saturated heterocycles. The van der Waals surface area contributed by atoms with Crippen molar-refractivity contribution in [2.45, 2.75) is 52.0 Å². The molecule has 0 bridgehead atoms. The van der Waals surface area contributed by atoms with Crippen LogP contribution in [0.1, 0.15) is 44.2 Å². The fourth-order valence-electron chi connectivity index (χ4n) is 3.72. The van der Waals surface area contributed by atoms with Crippen LogP contribution in [0.25, 0.3) is 11.3 Å². The van der Waals surface area contributed by atoms with Gasteiger partial charge in [-0.05, 0) is 56.3 Å². The molecule has 0 fully saturated rings. The van der Waals surface area contributed by atoms with Crippen LogP contribution < -0.4 is 0 Å². The zero-order valence-corrected chi connectivity index (χ0v) is 14.9. The van der Waals surface area contributed by atoms with E-state index in [0.29, 0.717) is 6.04 Å². The van der Waals surface area contributed by atoms with Crippen LogP contribution in [0.5, 0.6) is 0 Å². The van der Waals surface area contributed by atoms with E-state index in [1.165, 1.54) is 55.5 Å². The summed E-state index contributed by atoms with van der Waals surface area (Å²) < 4.78 is 5.41. The second kappa shape index (κ2) is 8.51. The second-order valence-corrected chi connectivity index (χ2v) is 6.25. The number of hydrogen-bond acceptors (Lipinski definition) is 3. The number of aromatic nitrogens is 1. The van der Waals surface area contributed by atoms with Crippen LogP contribution in [-0.2, 0) is 12.8 Å². The van der Waals surface area contributed by atoms with E-state index in [-0.39, 0.29) is 12.4 Å². The van der Waals surface area contributed by atoms with Crippen LogP contribution in [0.2, 0.25) is 0 Å². The van der Waals surface area contributed by atoms with Crippen molar-refractivity contribution in [1.82, 2.24) is 10.1 Å². The largest absolute Gasteiger partial charge is 0.356 e. The van der Waals surface area contributed by atoms with E-state index in [9.17, 15) is 0 Å². The normalized spacial score (nSPS) is 16.9. The van der Waals surface area contributed by atoms with Crippen molar-refractivity contribution in [2.75, 3.05) is 13.1 Å². The molecule has 1 heterocycles. The third kappa shape index (κ3) is 3.96. The van der Waals surface area contributed by atoms with Gasteiger partial charge in [-0.3, -0.25) is 0 Å². The molecular formula is C19H27ClN2O. The zero-order valence-electron chi connectivity index (χ0n) is 14.1. The van der Waals surface area contributed by atoms with Crippen molar-refractivity contribution in [2.24, 2.45) is 0 Å². The Bertz CT molecular complexity index is 591. The average Bonchev–Trinajstić information content (AvgIpc) is 3.08. The quantitative estimate of drug-likeness (QED) is 0.764. The molecule has 0 saturated carbocycles. The minimum atomic E-state index is 0. The van der Waals surface area contributed by atoms with E-state index in [1.54, 1.807) is 6.20 Å². The summed E-state index contributed by atoms with van der Waals surface area (Å²) in [6.07, 6.45) is 7.76. The van der Waals surface area contributed by atoms with E-state index in [4.69, 9.17) is 4.52 Å². The smallest absolute Gasteiger partial charge is 0.167 e. The van der Waals surface area contributed by atoms with Gasteiger partial charge >= 0.3 is 0 Å². The number of halogens is 1. The minimum absolute atomic E-state index is 0. The number of aryl methyl sites for hydroxylation is 1. The molecule has 0 aliphatic heterocycles. The Labute approximate surface area is 145 Å². The van der Waals surface area contributed by atoms with Crippen molar-refractivity contribution >= 4 is 12.4 Å². The lowest BCUT2D eigenvalue weighted by Gasteiger charge is -2.35. The number of rotatable bonds is 6. The Hall–Kier alpha value is -1.32. The molecule has 1 aromatic carbocycles. The molecule has 3 nitrogen and oxygen atoms in total. The maximum absolute atomic E-state index is 5.41. The van der Waals surface area contributed by atoms with Crippen LogP contribution in [0.4, 0.5) is 0 Å². The van der Waals surface area contributed by atoms with Crippen molar-refractivity contribution in [3.63, 3.8) is 0 Å². The summed E-state index contributed by atoms with van der Waals surface area (Å²) in [4.78, 5) is 2.68. The van der Waals surface area contributed by atoms with E-state index in [1.807, 2.05) is 6.07 Å². The molecule has 3 rings (SSSR count). The van der Waals surface area contributed by atoms with Gasteiger partial charge in [0.25, 0.3) is 0 Å². The number of nitrogens with zero attached hydrogens (tertiary/aromatic N) is 2. The Morgan fingerprint density at radius 3 is 2.61 bits per heavy atom. The van der Waals surface area contributed by atoms with Crippen molar-refractivity contribution in [3.05, 3.63) is 41.6 Å². The predicted molar refractivity (Wildman–Crippen MR) is 97.2 cm³/mol. The lowest BCUT2D eigenvalue weighted by atomic mass is 9.84. The predicted octanol–water partition coefficient (Wildman–Crippen LogP) is 4.74. The fraction of sp³-hybridized carbons (Fsp3) is 0.526. The fourth-order valence-corrected chi connectivity index (χ4v) is 3.72. The Morgan fingerprint density at radius 2 is 1.96 bits per heavy atom. The molecule has 0 N–H and O–H groups in total. The van der Waals surface area contributed by atoms with Crippen LogP contribution in [-0.4, -0.2) is 29.2 Å². The molecule has 2 aromatic rings. The molecule has 0 amide bonds. The lowest BCUT2D eigenvalue weighted by Crippen LogP contribution is -2.40. The Kier molecular flexibility index (Phi) is 6.67. The first kappa shape index (κ1) is 18.0. The highest BCUT2D eigenvalue weighted by Crippen LogP contribution is 2.33.